The number of morpholine rings is 1. The van der Waals surface area contributed by atoms with Crippen LogP contribution < -0.4 is 10.6 Å². The molecule has 1 atom stereocenters. The second-order valence-electron chi connectivity index (χ2n) is 6.12. The summed E-state index contributed by atoms with van der Waals surface area (Å²) in [6.07, 6.45) is 1.50. The lowest BCUT2D eigenvalue weighted by molar-refractivity contribution is -0.122. The molecule has 3 heterocycles. The van der Waals surface area contributed by atoms with Crippen LogP contribution in [0.3, 0.4) is 0 Å². The summed E-state index contributed by atoms with van der Waals surface area (Å²) in [5.74, 6) is -0.426. The fraction of sp³-hybridized carbons (Fsp3) is 0.412. The second-order valence-corrected chi connectivity index (χ2v) is 8.95. The molecule has 2 aromatic heterocycles. The van der Waals surface area contributed by atoms with Gasteiger partial charge in [0.05, 0.1) is 26.0 Å². The Bertz CT molecular complexity index is 917. The smallest absolute Gasteiger partial charge is 0.263 e. The molecule has 11 heteroatoms. The molecule has 0 aromatic carbocycles. The van der Waals surface area contributed by atoms with E-state index in [4.69, 9.17) is 9.15 Å². The van der Waals surface area contributed by atoms with Gasteiger partial charge in [-0.2, -0.15) is 4.31 Å². The minimum Gasteiger partial charge on any atom is -0.467 e. The van der Waals surface area contributed by atoms with Crippen LogP contribution in [0.15, 0.2) is 39.2 Å². The molecule has 2 aromatic rings. The third-order valence-corrected chi connectivity index (χ3v) is 7.16. The highest BCUT2D eigenvalue weighted by atomic mass is 32.2. The number of furan rings is 1. The Labute approximate surface area is 166 Å². The van der Waals surface area contributed by atoms with Crippen LogP contribution in [0.1, 0.15) is 22.4 Å². The van der Waals surface area contributed by atoms with Crippen molar-refractivity contribution in [3.63, 3.8) is 0 Å². The van der Waals surface area contributed by atoms with Crippen LogP contribution in [-0.4, -0.2) is 56.9 Å². The third kappa shape index (κ3) is 4.61. The maximum absolute atomic E-state index is 12.8. The zero-order valence-corrected chi connectivity index (χ0v) is 16.8. The summed E-state index contributed by atoms with van der Waals surface area (Å²) < 4.78 is 37.3. The summed E-state index contributed by atoms with van der Waals surface area (Å²) in [5, 5.41) is 6.74. The molecule has 1 aliphatic heterocycles. The van der Waals surface area contributed by atoms with Crippen LogP contribution in [0.5, 0.6) is 0 Å². The Balaban J connectivity index is 1.64. The summed E-state index contributed by atoms with van der Waals surface area (Å²) in [6.45, 7) is 2.84. The topological polar surface area (TPSA) is 118 Å². The number of ether oxygens (including phenoxy) is 1. The molecule has 1 fully saturated rings. The van der Waals surface area contributed by atoms with Crippen molar-refractivity contribution >= 4 is 33.2 Å². The first-order valence-corrected chi connectivity index (χ1v) is 11.0. The van der Waals surface area contributed by atoms with Gasteiger partial charge in [-0.1, -0.05) is 0 Å². The highest BCUT2D eigenvalue weighted by molar-refractivity contribution is 7.89. The average Bonchev–Trinajstić information content (AvgIpc) is 3.38. The van der Waals surface area contributed by atoms with Crippen LogP contribution in [0, 0.1) is 0 Å². The molecule has 2 amide bonds. The van der Waals surface area contributed by atoms with Gasteiger partial charge in [0.1, 0.15) is 21.6 Å². The van der Waals surface area contributed by atoms with E-state index in [0.29, 0.717) is 19.0 Å². The molecule has 0 bridgehead atoms. The van der Waals surface area contributed by atoms with E-state index in [2.05, 4.69) is 10.6 Å². The van der Waals surface area contributed by atoms with Crippen LogP contribution in [0.25, 0.3) is 0 Å². The van der Waals surface area contributed by atoms with Gasteiger partial charge < -0.3 is 19.8 Å². The first-order valence-electron chi connectivity index (χ1n) is 8.66. The van der Waals surface area contributed by atoms with Gasteiger partial charge >= 0.3 is 0 Å². The van der Waals surface area contributed by atoms with Gasteiger partial charge in [0.15, 0.2) is 0 Å². The molecule has 0 saturated carbocycles. The van der Waals surface area contributed by atoms with E-state index in [1.54, 1.807) is 17.5 Å². The van der Waals surface area contributed by atoms with E-state index in [1.807, 2.05) is 0 Å². The second kappa shape index (κ2) is 8.86. The molecule has 1 aliphatic rings. The Morgan fingerprint density at radius 3 is 2.71 bits per heavy atom. The number of carbonyl (C=O) groups excluding carboxylic acids is 2. The minimum absolute atomic E-state index is 0.0529. The number of carbonyl (C=O) groups is 2. The molecule has 0 radical (unpaired) electrons. The molecule has 0 spiro atoms. The van der Waals surface area contributed by atoms with E-state index in [9.17, 15) is 18.0 Å². The normalized spacial score (nSPS) is 16.5. The van der Waals surface area contributed by atoms with Crippen molar-refractivity contribution in [2.24, 2.45) is 0 Å². The number of nitrogens with one attached hydrogen (secondary N) is 2. The Morgan fingerprint density at radius 2 is 2.04 bits per heavy atom. The van der Waals surface area contributed by atoms with E-state index >= 15 is 0 Å². The summed E-state index contributed by atoms with van der Waals surface area (Å²) in [4.78, 5) is 24.8. The van der Waals surface area contributed by atoms with Gasteiger partial charge in [-0.05, 0) is 30.5 Å². The molecule has 28 heavy (non-hydrogen) atoms. The molecular weight excluding hydrogens is 406 g/mol. The van der Waals surface area contributed by atoms with Crippen molar-refractivity contribution in [2.75, 3.05) is 26.3 Å². The Kier molecular flexibility index (Phi) is 6.50. The average molecular weight is 428 g/mol. The molecule has 9 nitrogen and oxygen atoms in total. The maximum atomic E-state index is 12.8. The molecule has 1 saturated heterocycles. The van der Waals surface area contributed by atoms with Gasteiger partial charge in [-0.25, -0.2) is 8.42 Å². The molecule has 1 unspecified atom stereocenters. The number of thiophene rings is 1. The maximum Gasteiger partial charge on any atom is 0.263 e. The number of amides is 2. The first-order chi connectivity index (χ1) is 13.4. The standard InChI is InChI=1S/C17H21N3O6S2/c1-12(16(21)18-11-13-3-2-7-26-13)19-17(22)15-14(4-10-27-15)28(23,24)20-5-8-25-9-6-20/h2-4,7,10,12H,5-6,8-9,11H2,1H3,(H,18,21)(H,19,22). The fourth-order valence-corrected chi connectivity index (χ4v) is 5.37. The van der Waals surface area contributed by atoms with Gasteiger partial charge in [-0.15, -0.1) is 11.3 Å². The zero-order valence-electron chi connectivity index (χ0n) is 15.2. The third-order valence-electron chi connectivity index (χ3n) is 4.18. The lowest BCUT2D eigenvalue weighted by Gasteiger charge is -2.26. The number of hydrogen-bond donors (Lipinski definition) is 2. The lowest BCUT2D eigenvalue weighted by atomic mass is 10.3. The minimum atomic E-state index is -3.80. The van der Waals surface area contributed by atoms with Crippen LogP contribution in [0.2, 0.25) is 0 Å². The van der Waals surface area contributed by atoms with Crippen molar-refractivity contribution in [2.45, 2.75) is 24.4 Å². The van der Waals surface area contributed by atoms with Gasteiger partial charge in [-0.3, -0.25) is 9.59 Å². The molecule has 2 N–H and O–H groups in total. The fourth-order valence-electron chi connectivity index (χ4n) is 2.66. The highest BCUT2D eigenvalue weighted by Crippen LogP contribution is 2.26. The molecule has 152 valence electrons. The number of hydrogen-bond acceptors (Lipinski definition) is 7. The Hall–Kier alpha value is -2.21. The van der Waals surface area contributed by atoms with E-state index in [1.165, 1.54) is 23.6 Å². The molecular formula is C17H21N3O6S2. The van der Waals surface area contributed by atoms with E-state index in [0.717, 1.165) is 11.3 Å². The van der Waals surface area contributed by atoms with E-state index in [-0.39, 0.29) is 29.4 Å². The largest absolute Gasteiger partial charge is 0.467 e. The summed E-state index contributed by atoms with van der Waals surface area (Å²) in [7, 11) is -3.80. The van der Waals surface area contributed by atoms with Crippen molar-refractivity contribution in [1.29, 1.82) is 0 Å². The van der Waals surface area contributed by atoms with Crippen molar-refractivity contribution in [3.05, 3.63) is 40.5 Å². The highest BCUT2D eigenvalue weighted by Gasteiger charge is 2.32. The zero-order chi connectivity index (χ0) is 20.1. The van der Waals surface area contributed by atoms with Crippen molar-refractivity contribution in [3.8, 4) is 0 Å². The molecule has 3 rings (SSSR count). The summed E-state index contributed by atoms with van der Waals surface area (Å²) >= 11 is 1.02. The molecule has 0 aliphatic carbocycles. The number of nitrogens with zero attached hydrogens (tertiary/aromatic N) is 1. The van der Waals surface area contributed by atoms with Crippen LogP contribution in [-0.2, 0) is 26.1 Å². The predicted molar refractivity (Wildman–Crippen MR) is 101 cm³/mol. The lowest BCUT2D eigenvalue weighted by Crippen LogP contribution is -2.45. The Morgan fingerprint density at radius 1 is 1.29 bits per heavy atom. The quantitative estimate of drug-likeness (QED) is 0.675. The van der Waals surface area contributed by atoms with Crippen LogP contribution >= 0.6 is 11.3 Å². The SMILES string of the molecule is CC(NC(=O)c1sccc1S(=O)(=O)N1CCOCC1)C(=O)NCc1ccco1. The first kappa shape index (κ1) is 20.5. The van der Waals surface area contributed by atoms with Gasteiger partial charge in [0.2, 0.25) is 15.9 Å². The van der Waals surface area contributed by atoms with E-state index < -0.39 is 27.9 Å². The predicted octanol–water partition coefficient (Wildman–Crippen LogP) is 0.797. The van der Waals surface area contributed by atoms with Crippen molar-refractivity contribution in [1.82, 2.24) is 14.9 Å². The monoisotopic (exact) mass is 427 g/mol. The summed E-state index contributed by atoms with van der Waals surface area (Å²) in [6, 6.07) is 3.99. The number of rotatable bonds is 7. The summed E-state index contributed by atoms with van der Waals surface area (Å²) in [5.41, 5.74) is 0. The van der Waals surface area contributed by atoms with Gasteiger partial charge in [0.25, 0.3) is 5.91 Å². The van der Waals surface area contributed by atoms with Crippen molar-refractivity contribution < 1.29 is 27.2 Å². The van der Waals surface area contributed by atoms with Crippen LogP contribution in [0.4, 0.5) is 0 Å². The number of sulfonamides is 1. The van der Waals surface area contributed by atoms with Gasteiger partial charge in [0, 0.05) is 13.1 Å².